The fourth-order valence-electron chi connectivity index (χ4n) is 2.07. The number of carboxylic acid groups (broad SMARTS) is 2. The second-order valence-electron chi connectivity index (χ2n) is 7.22. The predicted octanol–water partition coefficient (Wildman–Crippen LogP) is 3.17. The minimum Gasteiger partial charge on any atom is -0.493 e. The number of unbranched alkanes of at least 4 members (excludes halogenated alkanes) is 1. The summed E-state index contributed by atoms with van der Waals surface area (Å²) in [6, 6.07) is 6.49. The largest absolute Gasteiger partial charge is 0.493 e. The van der Waals surface area contributed by atoms with Crippen LogP contribution >= 0.6 is 0 Å². The Morgan fingerprint density at radius 2 is 1.64 bits per heavy atom. The molecule has 0 saturated heterocycles. The van der Waals surface area contributed by atoms with Gasteiger partial charge in [-0.1, -0.05) is 38.5 Å². The zero-order valence-electron chi connectivity index (χ0n) is 16.1. The standard InChI is InChI=1S/C17H29NO.C2H2O4/c1-14-9-10-16(15(13-14)17(2,3)4)19-12-8-7-11-18(5)6;3-1(4)2(5)6/h9-10,13H,7-8,11-12H2,1-6H3;(H,3,4)(H,5,6). The molecule has 142 valence electrons. The molecular weight excluding hydrogens is 322 g/mol. The molecule has 0 aliphatic rings. The number of hydrogen-bond donors (Lipinski definition) is 2. The van der Waals surface area contributed by atoms with E-state index in [0.29, 0.717) is 0 Å². The lowest BCUT2D eigenvalue weighted by Gasteiger charge is -2.23. The first kappa shape index (κ1) is 22.9. The second kappa shape index (κ2) is 10.7. The Kier molecular flexibility index (Phi) is 9.82. The summed E-state index contributed by atoms with van der Waals surface area (Å²) >= 11 is 0. The molecule has 0 radical (unpaired) electrons. The number of aryl methyl sites for hydroxylation is 1. The molecule has 6 heteroatoms. The summed E-state index contributed by atoms with van der Waals surface area (Å²) in [6.07, 6.45) is 2.29. The summed E-state index contributed by atoms with van der Waals surface area (Å²) in [5.41, 5.74) is 2.73. The molecular formula is C19H31NO5. The van der Waals surface area contributed by atoms with Crippen molar-refractivity contribution in [3.05, 3.63) is 29.3 Å². The van der Waals surface area contributed by atoms with Crippen molar-refractivity contribution in [2.75, 3.05) is 27.2 Å². The van der Waals surface area contributed by atoms with Gasteiger partial charge in [-0.25, -0.2) is 9.59 Å². The minimum absolute atomic E-state index is 0.130. The van der Waals surface area contributed by atoms with Crippen molar-refractivity contribution in [3.63, 3.8) is 0 Å². The monoisotopic (exact) mass is 353 g/mol. The van der Waals surface area contributed by atoms with Crippen molar-refractivity contribution in [2.45, 2.75) is 46.0 Å². The first-order valence-corrected chi connectivity index (χ1v) is 8.30. The zero-order chi connectivity index (χ0) is 19.6. The molecule has 0 fully saturated rings. The third-order valence-corrected chi connectivity index (χ3v) is 3.38. The Balaban J connectivity index is 0.000000823. The van der Waals surface area contributed by atoms with Crippen molar-refractivity contribution in [2.24, 2.45) is 0 Å². The number of carbonyl (C=O) groups is 2. The van der Waals surface area contributed by atoms with E-state index < -0.39 is 11.9 Å². The Hall–Kier alpha value is -2.08. The van der Waals surface area contributed by atoms with Gasteiger partial charge in [-0.05, 0) is 57.5 Å². The third-order valence-electron chi connectivity index (χ3n) is 3.38. The van der Waals surface area contributed by atoms with Gasteiger partial charge in [-0.3, -0.25) is 0 Å². The van der Waals surface area contributed by atoms with Crippen LogP contribution in [0.2, 0.25) is 0 Å². The van der Waals surface area contributed by atoms with Crippen LogP contribution in [-0.4, -0.2) is 54.3 Å². The zero-order valence-corrected chi connectivity index (χ0v) is 16.1. The number of rotatable bonds is 6. The van der Waals surface area contributed by atoms with E-state index in [2.05, 4.69) is 64.9 Å². The highest BCUT2D eigenvalue weighted by Crippen LogP contribution is 2.32. The van der Waals surface area contributed by atoms with Gasteiger partial charge in [0.25, 0.3) is 0 Å². The number of nitrogens with zero attached hydrogens (tertiary/aromatic N) is 1. The fraction of sp³-hybridized carbons (Fsp3) is 0.579. The van der Waals surface area contributed by atoms with Crippen molar-refractivity contribution >= 4 is 11.9 Å². The molecule has 1 aromatic carbocycles. The van der Waals surface area contributed by atoms with Crippen LogP contribution in [0.1, 0.15) is 44.7 Å². The lowest BCUT2D eigenvalue weighted by Crippen LogP contribution is -2.15. The molecule has 0 heterocycles. The average molecular weight is 353 g/mol. The van der Waals surface area contributed by atoms with Crippen LogP contribution < -0.4 is 4.74 Å². The summed E-state index contributed by atoms with van der Waals surface area (Å²) in [4.78, 5) is 20.4. The molecule has 0 saturated carbocycles. The van der Waals surface area contributed by atoms with Crippen LogP contribution in [0.5, 0.6) is 5.75 Å². The topological polar surface area (TPSA) is 87.1 Å². The maximum absolute atomic E-state index is 9.10. The van der Waals surface area contributed by atoms with Gasteiger partial charge in [-0.15, -0.1) is 0 Å². The van der Waals surface area contributed by atoms with E-state index in [1.165, 1.54) is 17.5 Å². The summed E-state index contributed by atoms with van der Waals surface area (Å²) in [7, 11) is 4.22. The van der Waals surface area contributed by atoms with Crippen LogP contribution in [0.3, 0.4) is 0 Å². The van der Waals surface area contributed by atoms with Crippen LogP contribution in [0.4, 0.5) is 0 Å². The van der Waals surface area contributed by atoms with E-state index >= 15 is 0 Å². The highest BCUT2D eigenvalue weighted by atomic mass is 16.5. The number of carboxylic acids is 2. The van der Waals surface area contributed by atoms with Gasteiger partial charge in [0, 0.05) is 0 Å². The Morgan fingerprint density at radius 3 is 2.08 bits per heavy atom. The lowest BCUT2D eigenvalue weighted by atomic mass is 9.85. The molecule has 2 N–H and O–H groups in total. The average Bonchev–Trinajstić information content (AvgIpc) is 2.47. The minimum atomic E-state index is -1.82. The molecule has 1 aromatic rings. The normalized spacial score (nSPS) is 10.8. The SMILES string of the molecule is Cc1ccc(OCCCCN(C)C)c(C(C)(C)C)c1.O=C(O)C(=O)O. The van der Waals surface area contributed by atoms with Gasteiger partial charge in [0.1, 0.15) is 5.75 Å². The third kappa shape index (κ3) is 10.4. The Labute approximate surface area is 150 Å². The summed E-state index contributed by atoms with van der Waals surface area (Å²) in [5, 5.41) is 14.8. The fourth-order valence-corrected chi connectivity index (χ4v) is 2.07. The highest BCUT2D eigenvalue weighted by molar-refractivity contribution is 6.27. The molecule has 25 heavy (non-hydrogen) atoms. The van der Waals surface area contributed by atoms with Crippen LogP contribution in [0.25, 0.3) is 0 Å². The molecule has 0 spiro atoms. The van der Waals surface area contributed by atoms with E-state index in [1.54, 1.807) is 0 Å². The number of aliphatic carboxylic acids is 2. The van der Waals surface area contributed by atoms with Crippen LogP contribution in [-0.2, 0) is 15.0 Å². The maximum Gasteiger partial charge on any atom is 0.414 e. The van der Waals surface area contributed by atoms with E-state index in [-0.39, 0.29) is 5.41 Å². The molecule has 0 atom stereocenters. The van der Waals surface area contributed by atoms with Gasteiger partial charge in [0.2, 0.25) is 0 Å². The molecule has 1 rings (SSSR count). The van der Waals surface area contributed by atoms with Crippen molar-refractivity contribution in [1.82, 2.24) is 4.90 Å². The molecule has 0 aliphatic carbocycles. The Bertz CT molecular complexity index is 549. The van der Waals surface area contributed by atoms with Crippen molar-refractivity contribution in [3.8, 4) is 5.75 Å². The molecule has 6 nitrogen and oxygen atoms in total. The maximum atomic E-state index is 9.10. The molecule has 0 aromatic heterocycles. The van der Waals surface area contributed by atoms with Crippen molar-refractivity contribution in [1.29, 1.82) is 0 Å². The number of benzene rings is 1. The first-order chi connectivity index (χ1) is 11.4. The number of ether oxygens (including phenoxy) is 1. The predicted molar refractivity (Wildman–Crippen MR) is 98.4 cm³/mol. The quantitative estimate of drug-likeness (QED) is 0.603. The summed E-state index contributed by atoms with van der Waals surface area (Å²) in [5.74, 6) is -2.60. The molecule has 0 amide bonds. The van der Waals surface area contributed by atoms with E-state index in [9.17, 15) is 0 Å². The van der Waals surface area contributed by atoms with E-state index in [4.69, 9.17) is 24.5 Å². The molecule has 0 bridgehead atoms. The first-order valence-electron chi connectivity index (χ1n) is 8.30. The van der Waals surface area contributed by atoms with Gasteiger partial charge >= 0.3 is 11.9 Å². The Morgan fingerprint density at radius 1 is 1.08 bits per heavy atom. The van der Waals surface area contributed by atoms with Gasteiger partial charge in [-0.2, -0.15) is 0 Å². The van der Waals surface area contributed by atoms with E-state index in [1.807, 2.05) is 0 Å². The number of hydrogen-bond acceptors (Lipinski definition) is 4. The van der Waals surface area contributed by atoms with Crippen LogP contribution in [0.15, 0.2) is 18.2 Å². The van der Waals surface area contributed by atoms with Gasteiger partial charge < -0.3 is 19.8 Å². The molecule has 0 aliphatic heterocycles. The smallest absolute Gasteiger partial charge is 0.414 e. The van der Waals surface area contributed by atoms with E-state index in [0.717, 1.165) is 25.3 Å². The lowest BCUT2D eigenvalue weighted by molar-refractivity contribution is -0.159. The summed E-state index contributed by atoms with van der Waals surface area (Å²) in [6.45, 7) is 10.8. The van der Waals surface area contributed by atoms with Crippen molar-refractivity contribution < 1.29 is 24.5 Å². The summed E-state index contributed by atoms with van der Waals surface area (Å²) < 4.78 is 5.98. The molecule has 0 unspecified atom stereocenters. The second-order valence-corrected chi connectivity index (χ2v) is 7.22. The highest BCUT2D eigenvalue weighted by Gasteiger charge is 2.18. The van der Waals surface area contributed by atoms with Gasteiger partial charge in [0.15, 0.2) is 0 Å². The van der Waals surface area contributed by atoms with Gasteiger partial charge in [0.05, 0.1) is 6.61 Å². The van der Waals surface area contributed by atoms with Crippen LogP contribution in [0, 0.1) is 6.92 Å².